The van der Waals surface area contributed by atoms with E-state index >= 15 is 0 Å². The van der Waals surface area contributed by atoms with Crippen LogP contribution in [0.15, 0.2) is 47.0 Å². The molecule has 9 nitrogen and oxygen atoms in total. The van der Waals surface area contributed by atoms with Crippen LogP contribution in [0.5, 0.6) is 11.6 Å². The van der Waals surface area contributed by atoms with E-state index in [1.165, 1.54) is 30.5 Å². The Balaban J connectivity index is 1.70. The van der Waals surface area contributed by atoms with E-state index in [9.17, 15) is 17.8 Å². The number of halogens is 3. The van der Waals surface area contributed by atoms with E-state index in [4.69, 9.17) is 25.8 Å². The van der Waals surface area contributed by atoms with Crippen LogP contribution in [0, 0.1) is 11.6 Å². The molecule has 13 heteroatoms. The number of carbonyl (C=O) groups is 1. The highest BCUT2D eigenvalue weighted by Crippen LogP contribution is 2.34. The van der Waals surface area contributed by atoms with Crippen LogP contribution in [0.25, 0.3) is 11.1 Å². The fraction of sp³-hybridized carbons (Fsp3) is 0.292. The molecule has 0 saturated carbocycles. The number of amides is 1. The fourth-order valence-corrected chi connectivity index (χ4v) is 4.83. The van der Waals surface area contributed by atoms with E-state index in [1.54, 1.807) is 12.1 Å². The van der Waals surface area contributed by atoms with Crippen molar-refractivity contribution in [1.82, 2.24) is 9.97 Å². The molecule has 1 aliphatic heterocycles. The molecule has 0 saturated heterocycles. The van der Waals surface area contributed by atoms with Gasteiger partial charge in [0.15, 0.2) is 0 Å². The number of ether oxygens (including phenoxy) is 3. The van der Waals surface area contributed by atoms with Gasteiger partial charge in [-0.1, -0.05) is 0 Å². The van der Waals surface area contributed by atoms with Crippen LogP contribution in [-0.4, -0.2) is 52.2 Å². The minimum absolute atomic E-state index is 0.0451. The second kappa shape index (κ2) is 11.7. The Bertz CT molecular complexity index is 1430. The third-order valence-corrected chi connectivity index (χ3v) is 6.57. The van der Waals surface area contributed by atoms with Crippen LogP contribution in [0.3, 0.4) is 0 Å². The van der Waals surface area contributed by atoms with Crippen LogP contribution < -0.4 is 14.8 Å². The summed E-state index contributed by atoms with van der Waals surface area (Å²) in [6.45, 7) is 0.332. The van der Waals surface area contributed by atoms with Gasteiger partial charge in [0, 0.05) is 35.9 Å². The zero-order chi connectivity index (χ0) is 26.4. The van der Waals surface area contributed by atoms with Crippen LogP contribution in [0.2, 0.25) is 0 Å². The number of hydrogen-bond donors (Lipinski definition) is 1. The van der Waals surface area contributed by atoms with Crippen molar-refractivity contribution in [3.63, 3.8) is 0 Å². The maximum atomic E-state index is 14.7. The van der Waals surface area contributed by atoms with Crippen LogP contribution >= 0.6 is 11.6 Å². The molecule has 4 rings (SSSR count). The number of anilines is 2. The van der Waals surface area contributed by atoms with E-state index in [1.807, 2.05) is 0 Å². The zero-order valence-corrected chi connectivity index (χ0v) is 21.3. The topological polar surface area (TPSA) is 112 Å². The predicted molar refractivity (Wildman–Crippen MR) is 135 cm³/mol. The molecule has 0 spiro atoms. The van der Waals surface area contributed by atoms with Crippen LogP contribution in [0.1, 0.15) is 12.0 Å². The standard InChI is InChI=1S/C24H23ClF2N4O5S/c1-37(33,31-24(32)36-8-5-25)14-15-9-22-29-21-12-18(19(27)13-28-21)17-4-3-16(26)11-20(17)34-6-2-7-35-23(10-15)30-22/h3-4,9-13H,2,5-8,14H2,1H3,(H,28,29,30). The third kappa shape index (κ3) is 7.26. The van der Waals surface area contributed by atoms with Gasteiger partial charge >= 0.3 is 6.09 Å². The molecule has 0 fully saturated rings. The molecule has 0 radical (unpaired) electrons. The summed E-state index contributed by atoms with van der Waals surface area (Å²) in [6, 6.07) is 8.47. The molecule has 4 bridgehead atoms. The summed E-state index contributed by atoms with van der Waals surface area (Å²) in [5.74, 6) is -0.199. The molecule has 1 aliphatic rings. The maximum absolute atomic E-state index is 14.7. The Labute approximate surface area is 217 Å². The number of nitrogens with zero attached hydrogens (tertiary/aromatic N) is 3. The number of rotatable bonds is 4. The molecule has 0 aliphatic carbocycles. The number of aromatic nitrogens is 2. The van der Waals surface area contributed by atoms with Crippen molar-refractivity contribution in [1.29, 1.82) is 0 Å². The SMILES string of the molecule is CS(=O)(Cc1cc2nc(c1)OCCCOc1cc(F)ccc1-c1cc(ncc1F)N2)=NC(=O)OCCCl. The van der Waals surface area contributed by atoms with E-state index in [-0.39, 0.29) is 60.3 Å². The first-order valence-electron chi connectivity index (χ1n) is 11.1. The Morgan fingerprint density at radius 3 is 2.78 bits per heavy atom. The second-order valence-electron chi connectivity index (χ2n) is 8.06. The number of carbonyl (C=O) groups excluding carboxylic acids is 1. The minimum Gasteiger partial charge on any atom is -0.493 e. The van der Waals surface area contributed by atoms with Gasteiger partial charge in [-0.05, 0) is 29.8 Å². The van der Waals surface area contributed by atoms with E-state index in [0.717, 1.165) is 6.20 Å². The lowest BCUT2D eigenvalue weighted by atomic mass is 10.0. The lowest BCUT2D eigenvalue weighted by Crippen LogP contribution is -2.10. The first-order valence-corrected chi connectivity index (χ1v) is 13.8. The molecule has 1 aromatic carbocycles. The molecular weight excluding hydrogens is 530 g/mol. The monoisotopic (exact) mass is 552 g/mol. The van der Waals surface area contributed by atoms with Crippen molar-refractivity contribution < 1.29 is 32.0 Å². The molecule has 1 unspecified atom stereocenters. The van der Waals surface area contributed by atoms with Crippen molar-refractivity contribution in [3.05, 3.63) is 59.8 Å². The largest absolute Gasteiger partial charge is 0.493 e. The Morgan fingerprint density at radius 2 is 1.97 bits per heavy atom. The molecule has 2 aromatic heterocycles. The molecule has 1 N–H and O–H groups in total. The van der Waals surface area contributed by atoms with Gasteiger partial charge in [-0.15, -0.1) is 16.0 Å². The summed E-state index contributed by atoms with van der Waals surface area (Å²) in [5, 5.41) is 2.99. The highest BCUT2D eigenvalue weighted by atomic mass is 35.5. The number of hydrogen-bond acceptors (Lipinski definition) is 8. The van der Waals surface area contributed by atoms with Gasteiger partial charge in [0.1, 0.15) is 35.6 Å². The number of benzene rings is 1. The quantitative estimate of drug-likeness (QED) is 0.434. The van der Waals surface area contributed by atoms with Crippen molar-refractivity contribution in [2.45, 2.75) is 12.2 Å². The average Bonchev–Trinajstić information content (AvgIpc) is 2.83. The molecule has 1 amide bonds. The van der Waals surface area contributed by atoms with Crippen molar-refractivity contribution >= 4 is 39.1 Å². The number of alkyl halides is 1. The highest BCUT2D eigenvalue weighted by Gasteiger charge is 2.17. The molecule has 3 aromatic rings. The van der Waals surface area contributed by atoms with E-state index in [2.05, 4.69) is 19.6 Å². The normalized spacial score (nSPS) is 14.5. The first kappa shape index (κ1) is 26.6. The lowest BCUT2D eigenvalue weighted by Gasteiger charge is -2.16. The third-order valence-electron chi connectivity index (χ3n) is 5.01. The smallest absolute Gasteiger partial charge is 0.441 e. The average molecular weight is 553 g/mol. The first-order chi connectivity index (χ1) is 17.7. The number of nitrogens with one attached hydrogen (secondary N) is 1. The molecule has 37 heavy (non-hydrogen) atoms. The second-order valence-corrected chi connectivity index (χ2v) is 10.8. The zero-order valence-electron chi connectivity index (χ0n) is 19.7. The van der Waals surface area contributed by atoms with Crippen molar-refractivity contribution in [2.75, 3.05) is 37.3 Å². The summed E-state index contributed by atoms with van der Waals surface area (Å²) < 4.78 is 61.5. The van der Waals surface area contributed by atoms with E-state index in [0.29, 0.717) is 17.5 Å². The highest BCUT2D eigenvalue weighted by molar-refractivity contribution is 7.92. The van der Waals surface area contributed by atoms with Gasteiger partial charge in [0.25, 0.3) is 0 Å². The van der Waals surface area contributed by atoms with Gasteiger partial charge in [0.05, 0.1) is 40.8 Å². The van der Waals surface area contributed by atoms with Gasteiger partial charge < -0.3 is 19.5 Å². The van der Waals surface area contributed by atoms with Gasteiger partial charge in [-0.2, -0.15) is 4.98 Å². The summed E-state index contributed by atoms with van der Waals surface area (Å²) in [5.41, 5.74) is 1.03. The lowest BCUT2D eigenvalue weighted by molar-refractivity contribution is 0.165. The van der Waals surface area contributed by atoms with E-state index < -0.39 is 27.5 Å². The van der Waals surface area contributed by atoms with Crippen LogP contribution in [-0.2, 0) is 20.2 Å². The maximum Gasteiger partial charge on any atom is 0.441 e. The molecular formula is C24H23ClF2N4O5S. The Hall–Kier alpha value is -3.51. The molecule has 196 valence electrons. The number of pyridine rings is 2. The number of fused-ring (bicyclic) bond motifs is 6. The summed E-state index contributed by atoms with van der Waals surface area (Å²) in [4.78, 5) is 20.3. The van der Waals surface area contributed by atoms with Gasteiger partial charge in [0.2, 0.25) is 5.88 Å². The van der Waals surface area contributed by atoms with Crippen LogP contribution in [0.4, 0.5) is 25.2 Å². The Kier molecular flexibility index (Phi) is 8.39. The fourth-order valence-electron chi connectivity index (χ4n) is 3.53. The summed E-state index contributed by atoms with van der Waals surface area (Å²) >= 11 is 5.50. The van der Waals surface area contributed by atoms with Crippen molar-refractivity contribution in [2.24, 2.45) is 4.36 Å². The minimum atomic E-state index is -3.01. The van der Waals surface area contributed by atoms with Crippen molar-refractivity contribution in [3.8, 4) is 22.8 Å². The van der Waals surface area contributed by atoms with Gasteiger partial charge in [-0.3, -0.25) is 0 Å². The molecule has 1 atom stereocenters. The molecule has 3 heterocycles. The van der Waals surface area contributed by atoms with Gasteiger partial charge in [-0.25, -0.2) is 22.8 Å². The predicted octanol–water partition coefficient (Wildman–Crippen LogP) is 5.30. The summed E-state index contributed by atoms with van der Waals surface area (Å²) in [6.07, 6.45) is 1.82. The summed E-state index contributed by atoms with van der Waals surface area (Å²) in [7, 11) is -3.01. The Morgan fingerprint density at radius 1 is 1.16 bits per heavy atom.